The van der Waals surface area contributed by atoms with Crippen molar-refractivity contribution in [3.05, 3.63) is 24.3 Å². The third-order valence-corrected chi connectivity index (χ3v) is 1.56. The molecule has 0 aliphatic carbocycles. The van der Waals surface area contributed by atoms with Crippen molar-refractivity contribution >= 4 is 0 Å². The second-order valence-corrected chi connectivity index (χ2v) is 3.25. The molecule has 4 nitrogen and oxygen atoms in total. The van der Waals surface area contributed by atoms with Crippen LogP contribution in [-0.2, 0) is 0 Å². The van der Waals surface area contributed by atoms with Crippen LogP contribution in [0.5, 0.6) is 11.5 Å². The van der Waals surface area contributed by atoms with Crippen LogP contribution in [0.3, 0.4) is 0 Å². The Balaban J connectivity index is 2.69. The molecule has 0 unspecified atom stereocenters. The van der Waals surface area contributed by atoms with Gasteiger partial charge in [0.05, 0.1) is 0 Å². The summed E-state index contributed by atoms with van der Waals surface area (Å²) in [5.74, 6) is 6.13. The topological polar surface area (TPSA) is 67.5 Å². The third kappa shape index (κ3) is 2.93. The van der Waals surface area contributed by atoms with Crippen LogP contribution in [0, 0.1) is 0 Å². The van der Waals surface area contributed by atoms with E-state index in [0.717, 1.165) is 0 Å². The van der Waals surface area contributed by atoms with E-state index in [1.165, 1.54) is 0 Å². The lowest BCUT2D eigenvalue weighted by Crippen LogP contribution is -2.48. The van der Waals surface area contributed by atoms with Gasteiger partial charge in [0.1, 0.15) is 11.5 Å². The Hall–Kier alpha value is -1.26. The number of rotatable bonds is 3. The number of aromatic hydroxyl groups is 1. The van der Waals surface area contributed by atoms with Gasteiger partial charge in [-0.2, -0.15) is 0 Å². The average Bonchev–Trinajstić information content (AvgIpc) is 2.09. The van der Waals surface area contributed by atoms with E-state index in [1.807, 2.05) is 0 Å². The smallest absolute Gasteiger partial charge is 0.167 e. The molecule has 0 aliphatic heterocycles. The van der Waals surface area contributed by atoms with Crippen LogP contribution in [0.25, 0.3) is 0 Å². The predicted octanol–water partition coefficient (Wildman–Crippen LogP) is 0.970. The summed E-state index contributed by atoms with van der Waals surface area (Å²) < 4.78 is 5.46. The van der Waals surface area contributed by atoms with Crippen molar-refractivity contribution in [2.45, 2.75) is 19.6 Å². The maximum atomic E-state index is 9.02. The summed E-state index contributed by atoms with van der Waals surface area (Å²) >= 11 is 0. The third-order valence-electron chi connectivity index (χ3n) is 1.56. The summed E-state index contributed by atoms with van der Waals surface area (Å²) in [6, 6.07) is 6.46. The standard InChI is InChI=1S/C9H14N2O2/c1-9(2,11-10)13-8-5-3-7(12)4-6-8/h3-6,11-12H,10H2,1-2H3. The molecule has 0 saturated carbocycles. The van der Waals surface area contributed by atoms with E-state index in [4.69, 9.17) is 15.7 Å². The van der Waals surface area contributed by atoms with Crippen molar-refractivity contribution < 1.29 is 9.84 Å². The summed E-state index contributed by atoms with van der Waals surface area (Å²) in [7, 11) is 0. The molecule has 4 heteroatoms. The number of phenolic OH excluding ortho intramolecular Hbond substituents is 1. The minimum absolute atomic E-state index is 0.214. The van der Waals surface area contributed by atoms with Crippen molar-refractivity contribution in [3.63, 3.8) is 0 Å². The maximum Gasteiger partial charge on any atom is 0.167 e. The number of hydrogen-bond donors (Lipinski definition) is 3. The van der Waals surface area contributed by atoms with Crippen LogP contribution >= 0.6 is 0 Å². The van der Waals surface area contributed by atoms with E-state index >= 15 is 0 Å². The quantitative estimate of drug-likeness (QED) is 0.370. The van der Waals surface area contributed by atoms with Gasteiger partial charge in [0.2, 0.25) is 0 Å². The number of hydrogen-bond acceptors (Lipinski definition) is 4. The van der Waals surface area contributed by atoms with Gasteiger partial charge in [-0.3, -0.25) is 5.84 Å². The Bertz CT molecular complexity index is 269. The van der Waals surface area contributed by atoms with Crippen molar-refractivity contribution in [1.29, 1.82) is 0 Å². The molecule has 0 fully saturated rings. The van der Waals surface area contributed by atoms with Crippen LogP contribution in [0.4, 0.5) is 0 Å². The lowest BCUT2D eigenvalue weighted by atomic mass is 10.3. The lowest BCUT2D eigenvalue weighted by Gasteiger charge is -2.25. The summed E-state index contributed by atoms with van der Waals surface area (Å²) in [4.78, 5) is 0. The number of nitrogens with one attached hydrogen (secondary N) is 1. The fourth-order valence-corrected chi connectivity index (χ4v) is 0.838. The monoisotopic (exact) mass is 182 g/mol. The SMILES string of the molecule is CC(C)(NN)Oc1ccc(O)cc1. The largest absolute Gasteiger partial charge is 0.508 e. The fourth-order valence-electron chi connectivity index (χ4n) is 0.838. The lowest BCUT2D eigenvalue weighted by molar-refractivity contribution is 0.0718. The number of ether oxygens (including phenoxy) is 1. The first-order chi connectivity index (χ1) is 6.03. The average molecular weight is 182 g/mol. The van der Waals surface area contributed by atoms with Crippen LogP contribution in [0.2, 0.25) is 0 Å². The van der Waals surface area contributed by atoms with Crippen molar-refractivity contribution in [1.82, 2.24) is 5.43 Å². The molecule has 0 amide bonds. The molecule has 1 aromatic carbocycles. The molecule has 0 saturated heterocycles. The minimum atomic E-state index is -0.614. The Labute approximate surface area is 77.3 Å². The molecule has 0 aliphatic rings. The summed E-state index contributed by atoms with van der Waals surface area (Å²) in [5, 5.41) is 9.02. The van der Waals surface area contributed by atoms with Gasteiger partial charge in [0.15, 0.2) is 5.72 Å². The predicted molar refractivity (Wildman–Crippen MR) is 50.1 cm³/mol. The molecule has 0 radical (unpaired) electrons. The van der Waals surface area contributed by atoms with E-state index in [2.05, 4.69) is 5.43 Å². The van der Waals surface area contributed by atoms with Gasteiger partial charge in [-0.25, -0.2) is 5.43 Å². The van der Waals surface area contributed by atoms with Crippen LogP contribution < -0.4 is 16.0 Å². The molecular weight excluding hydrogens is 168 g/mol. The van der Waals surface area contributed by atoms with Crippen molar-refractivity contribution in [2.24, 2.45) is 5.84 Å². The molecule has 0 spiro atoms. The first kappa shape index (κ1) is 9.83. The number of hydrazine groups is 1. The highest BCUT2D eigenvalue weighted by molar-refractivity contribution is 5.30. The summed E-state index contributed by atoms with van der Waals surface area (Å²) in [5.41, 5.74) is 1.91. The zero-order valence-corrected chi connectivity index (χ0v) is 7.74. The summed E-state index contributed by atoms with van der Waals surface area (Å²) in [6.45, 7) is 3.61. The van der Waals surface area contributed by atoms with Gasteiger partial charge in [0, 0.05) is 0 Å². The van der Waals surface area contributed by atoms with E-state index in [1.54, 1.807) is 38.1 Å². The van der Waals surface area contributed by atoms with Gasteiger partial charge in [0.25, 0.3) is 0 Å². The first-order valence-corrected chi connectivity index (χ1v) is 3.99. The normalized spacial score (nSPS) is 11.3. The summed E-state index contributed by atoms with van der Waals surface area (Å²) in [6.07, 6.45) is 0. The highest BCUT2D eigenvalue weighted by Gasteiger charge is 2.16. The highest BCUT2D eigenvalue weighted by atomic mass is 16.5. The fraction of sp³-hybridized carbons (Fsp3) is 0.333. The highest BCUT2D eigenvalue weighted by Crippen LogP contribution is 2.19. The Morgan fingerprint density at radius 1 is 1.31 bits per heavy atom. The maximum absolute atomic E-state index is 9.02. The second-order valence-electron chi connectivity index (χ2n) is 3.25. The van der Waals surface area contributed by atoms with E-state index < -0.39 is 5.72 Å². The zero-order valence-electron chi connectivity index (χ0n) is 7.74. The van der Waals surface area contributed by atoms with Gasteiger partial charge < -0.3 is 9.84 Å². The van der Waals surface area contributed by atoms with E-state index in [0.29, 0.717) is 5.75 Å². The van der Waals surface area contributed by atoms with E-state index in [9.17, 15) is 0 Å². The Kier molecular flexibility index (Phi) is 2.75. The van der Waals surface area contributed by atoms with Gasteiger partial charge in [-0.1, -0.05) is 0 Å². The van der Waals surface area contributed by atoms with Crippen molar-refractivity contribution in [2.75, 3.05) is 0 Å². The number of phenols is 1. The molecule has 0 aromatic heterocycles. The Morgan fingerprint density at radius 2 is 1.85 bits per heavy atom. The Morgan fingerprint density at radius 3 is 2.31 bits per heavy atom. The molecule has 13 heavy (non-hydrogen) atoms. The molecule has 1 aromatic rings. The molecule has 0 heterocycles. The van der Waals surface area contributed by atoms with Crippen LogP contribution in [0.1, 0.15) is 13.8 Å². The number of benzene rings is 1. The molecular formula is C9H14N2O2. The van der Waals surface area contributed by atoms with Gasteiger partial charge in [-0.05, 0) is 38.1 Å². The second kappa shape index (κ2) is 3.64. The first-order valence-electron chi connectivity index (χ1n) is 3.99. The number of nitrogens with two attached hydrogens (primary N) is 1. The molecule has 1 rings (SSSR count). The molecule has 0 bridgehead atoms. The molecule has 72 valence electrons. The van der Waals surface area contributed by atoms with Crippen LogP contribution in [0.15, 0.2) is 24.3 Å². The van der Waals surface area contributed by atoms with Gasteiger partial charge >= 0.3 is 0 Å². The molecule has 4 N–H and O–H groups in total. The van der Waals surface area contributed by atoms with E-state index in [-0.39, 0.29) is 5.75 Å². The minimum Gasteiger partial charge on any atom is -0.508 e. The van der Waals surface area contributed by atoms with Gasteiger partial charge in [-0.15, -0.1) is 0 Å². The molecule has 0 atom stereocenters. The zero-order chi connectivity index (χ0) is 9.90. The van der Waals surface area contributed by atoms with Crippen LogP contribution in [-0.4, -0.2) is 10.8 Å². The van der Waals surface area contributed by atoms with Crippen molar-refractivity contribution in [3.8, 4) is 11.5 Å².